The van der Waals surface area contributed by atoms with E-state index in [2.05, 4.69) is 22.8 Å². The Kier molecular flexibility index (Phi) is 5.05. The van der Waals surface area contributed by atoms with Crippen LogP contribution < -0.4 is 10.6 Å². The highest BCUT2D eigenvalue weighted by Crippen LogP contribution is 2.17. The average Bonchev–Trinajstić information content (AvgIpc) is 2.88. The zero-order chi connectivity index (χ0) is 11.9. The van der Waals surface area contributed by atoms with E-state index in [1.165, 1.54) is 38.5 Å². The summed E-state index contributed by atoms with van der Waals surface area (Å²) in [6.07, 6.45) is 13.1. The Bertz CT molecular complexity index is 269. The summed E-state index contributed by atoms with van der Waals surface area (Å²) >= 11 is 0. The van der Waals surface area contributed by atoms with Gasteiger partial charge < -0.3 is 10.6 Å². The molecule has 0 heterocycles. The lowest BCUT2D eigenvalue weighted by atomic mass is 9.94. The molecule has 0 aliphatic heterocycles. The predicted octanol–water partition coefficient (Wildman–Crippen LogP) is 1.99. The number of hydrogen-bond donors (Lipinski definition) is 2. The van der Waals surface area contributed by atoms with E-state index in [1.807, 2.05) is 0 Å². The fraction of sp³-hybridized carbons (Fsp3) is 0.786. The Balaban J connectivity index is 1.55. The molecule has 0 aromatic heterocycles. The fourth-order valence-electron chi connectivity index (χ4n) is 2.73. The van der Waals surface area contributed by atoms with Crippen LogP contribution in [0.2, 0.25) is 0 Å². The molecule has 1 saturated carbocycles. The van der Waals surface area contributed by atoms with Gasteiger partial charge in [-0.2, -0.15) is 0 Å². The average molecular weight is 236 g/mol. The van der Waals surface area contributed by atoms with E-state index in [1.54, 1.807) is 0 Å². The Morgan fingerprint density at radius 1 is 1.18 bits per heavy atom. The topological polar surface area (TPSA) is 41.1 Å². The molecule has 0 bridgehead atoms. The standard InChI is InChI=1S/C14H24N2O/c17-14(11-15-13-8-4-5-9-13)16-10-12-6-2-1-3-7-12/h1-2,12-13,15H,3-11H2,(H,16,17). The van der Waals surface area contributed by atoms with Gasteiger partial charge in [0.15, 0.2) is 0 Å². The number of amides is 1. The Morgan fingerprint density at radius 3 is 2.71 bits per heavy atom. The van der Waals surface area contributed by atoms with E-state index in [4.69, 9.17) is 0 Å². The number of rotatable bonds is 5. The molecule has 2 aliphatic rings. The number of carbonyl (C=O) groups is 1. The molecule has 0 aromatic carbocycles. The van der Waals surface area contributed by atoms with Crippen molar-refractivity contribution in [2.24, 2.45) is 5.92 Å². The molecular formula is C14H24N2O. The minimum Gasteiger partial charge on any atom is -0.355 e. The van der Waals surface area contributed by atoms with Crippen LogP contribution in [-0.4, -0.2) is 25.0 Å². The van der Waals surface area contributed by atoms with Crippen molar-refractivity contribution in [3.8, 4) is 0 Å². The van der Waals surface area contributed by atoms with E-state index >= 15 is 0 Å². The maximum atomic E-state index is 11.7. The van der Waals surface area contributed by atoms with Crippen molar-refractivity contribution < 1.29 is 4.79 Å². The lowest BCUT2D eigenvalue weighted by Crippen LogP contribution is -2.39. The van der Waals surface area contributed by atoms with Gasteiger partial charge >= 0.3 is 0 Å². The SMILES string of the molecule is O=C(CNC1CCCC1)NCC1CC=CCC1. The highest BCUT2D eigenvalue weighted by molar-refractivity contribution is 5.78. The van der Waals surface area contributed by atoms with Crippen LogP contribution in [0.25, 0.3) is 0 Å². The molecule has 1 unspecified atom stereocenters. The third-order valence-corrected chi connectivity index (χ3v) is 3.87. The molecule has 3 heteroatoms. The second-order valence-electron chi connectivity index (χ2n) is 5.32. The highest BCUT2D eigenvalue weighted by atomic mass is 16.1. The summed E-state index contributed by atoms with van der Waals surface area (Å²) in [5, 5.41) is 6.38. The van der Waals surface area contributed by atoms with Gasteiger partial charge in [-0.15, -0.1) is 0 Å². The van der Waals surface area contributed by atoms with Gasteiger partial charge in [-0.25, -0.2) is 0 Å². The van der Waals surface area contributed by atoms with Gasteiger partial charge in [0.1, 0.15) is 0 Å². The van der Waals surface area contributed by atoms with Crippen molar-refractivity contribution >= 4 is 5.91 Å². The van der Waals surface area contributed by atoms with Crippen LogP contribution in [0.1, 0.15) is 44.9 Å². The van der Waals surface area contributed by atoms with Crippen LogP contribution in [0, 0.1) is 5.92 Å². The lowest BCUT2D eigenvalue weighted by Gasteiger charge is -2.18. The number of hydrogen-bond acceptors (Lipinski definition) is 2. The first-order valence-electron chi connectivity index (χ1n) is 6.99. The number of nitrogens with one attached hydrogen (secondary N) is 2. The van der Waals surface area contributed by atoms with Crippen molar-refractivity contribution in [1.29, 1.82) is 0 Å². The molecule has 0 saturated heterocycles. The number of carbonyl (C=O) groups excluding carboxylic acids is 1. The summed E-state index contributed by atoms with van der Waals surface area (Å²) in [4.78, 5) is 11.7. The van der Waals surface area contributed by atoms with E-state index in [-0.39, 0.29) is 5.91 Å². The van der Waals surface area contributed by atoms with E-state index in [9.17, 15) is 4.79 Å². The summed E-state index contributed by atoms with van der Waals surface area (Å²) in [7, 11) is 0. The zero-order valence-electron chi connectivity index (χ0n) is 10.6. The quantitative estimate of drug-likeness (QED) is 0.717. The van der Waals surface area contributed by atoms with Crippen molar-refractivity contribution in [3.05, 3.63) is 12.2 Å². The monoisotopic (exact) mass is 236 g/mol. The van der Waals surface area contributed by atoms with Crippen LogP contribution in [0.4, 0.5) is 0 Å². The normalized spacial score (nSPS) is 25.1. The second-order valence-corrected chi connectivity index (χ2v) is 5.32. The minimum atomic E-state index is 0.159. The summed E-state index contributed by atoms with van der Waals surface area (Å²) in [6.45, 7) is 1.34. The predicted molar refractivity (Wildman–Crippen MR) is 69.7 cm³/mol. The van der Waals surface area contributed by atoms with E-state index < -0.39 is 0 Å². The van der Waals surface area contributed by atoms with Gasteiger partial charge in [0, 0.05) is 12.6 Å². The molecule has 0 spiro atoms. The molecular weight excluding hydrogens is 212 g/mol. The van der Waals surface area contributed by atoms with Crippen molar-refractivity contribution in [1.82, 2.24) is 10.6 Å². The summed E-state index contributed by atoms with van der Waals surface area (Å²) in [5.41, 5.74) is 0. The Labute approximate surface area is 104 Å². The van der Waals surface area contributed by atoms with Gasteiger partial charge in [-0.05, 0) is 38.0 Å². The molecule has 17 heavy (non-hydrogen) atoms. The smallest absolute Gasteiger partial charge is 0.233 e. The Morgan fingerprint density at radius 2 is 2.00 bits per heavy atom. The summed E-state index contributed by atoms with van der Waals surface area (Å²) in [5.74, 6) is 0.807. The second kappa shape index (κ2) is 6.80. The van der Waals surface area contributed by atoms with Crippen LogP contribution in [0.3, 0.4) is 0 Å². The van der Waals surface area contributed by atoms with Crippen LogP contribution >= 0.6 is 0 Å². The molecule has 96 valence electrons. The number of allylic oxidation sites excluding steroid dienone is 2. The van der Waals surface area contributed by atoms with E-state index in [0.717, 1.165) is 13.0 Å². The zero-order valence-corrected chi connectivity index (χ0v) is 10.6. The first kappa shape index (κ1) is 12.6. The molecule has 2 aliphatic carbocycles. The molecule has 1 fully saturated rings. The summed E-state index contributed by atoms with van der Waals surface area (Å²) in [6, 6.07) is 0.582. The van der Waals surface area contributed by atoms with Gasteiger partial charge in [0.05, 0.1) is 6.54 Å². The van der Waals surface area contributed by atoms with Crippen LogP contribution in [0.5, 0.6) is 0 Å². The largest absolute Gasteiger partial charge is 0.355 e. The van der Waals surface area contributed by atoms with Gasteiger partial charge in [0.25, 0.3) is 0 Å². The molecule has 0 radical (unpaired) electrons. The maximum Gasteiger partial charge on any atom is 0.233 e. The lowest BCUT2D eigenvalue weighted by molar-refractivity contribution is -0.120. The highest BCUT2D eigenvalue weighted by Gasteiger charge is 2.16. The molecule has 1 amide bonds. The molecule has 3 nitrogen and oxygen atoms in total. The van der Waals surface area contributed by atoms with Crippen LogP contribution in [-0.2, 0) is 4.79 Å². The molecule has 2 rings (SSSR count). The maximum absolute atomic E-state index is 11.7. The molecule has 2 N–H and O–H groups in total. The van der Waals surface area contributed by atoms with Crippen LogP contribution in [0.15, 0.2) is 12.2 Å². The molecule has 1 atom stereocenters. The third-order valence-electron chi connectivity index (χ3n) is 3.87. The van der Waals surface area contributed by atoms with Crippen molar-refractivity contribution in [2.45, 2.75) is 51.0 Å². The fourth-order valence-corrected chi connectivity index (χ4v) is 2.73. The van der Waals surface area contributed by atoms with E-state index in [0.29, 0.717) is 18.5 Å². The minimum absolute atomic E-state index is 0.159. The van der Waals surface area contributed by atoms with Crippen molar-refractivity contribution in [2.75, 3.05) is 13.1 Å². The Hall–Kier alpha value is -0.830. The van der Waals surface area contributed by atoms with Crippen molar-refractivity contribution in [3.63, 3.8) is 0 Å². The third kappa shape index (κ3) is 4.50. The van der Waals surface area contributed by atoms with Gasteiger partial charge in [-0.1, -0.05) is 25.0 Å². The van der Waals surface area contributed by atoms with Gasteiger partial charge in [0.2, 0.25) is 5.91 Å². The summed E-state index contributed by atoms with van der Waals surface area (Å²) < 4.78 is 0. The van der Waals surface area contributed by atoms with Gasteiger partial charge in [-0.3, -0.25) is 4.79 Å². The first-order valence-corrected chi connectivity index (χ1v) is 6.99. The first-order chi connectivity index (χ1) is 8.34. The molecule has 0 aromatic rings.